The summed E-state index contributed by atoms with van der Waals surface area (Å²) in [5, 5.41) is 0. The second-order valence-corrected chi connectivity index (χ2v) is 7.71. The maximum Gasteiger partial charge on any atom is 0.171 e. The number of hydrogen-bond acceptors (Lipinski definition) is 5. The van der Waals surface area contributed by atoms with Gasteiger partial charge in [0.25, 0.3) is 0 Å². The number of carbonyl (C=O) groups is 1. The number of Topliss-reactive ketones (excluding diaryl/α,β-unsaturated/α-hetero) is 1. The van der Waals surface area contributed by atoms with Crippen LogP contribution < -0.4 is 0 Å². The van der Waals surface area contributed by atoms with Crippen molar-refractivity contribution in [2.24, 2.45) is 0 Å². The van der Waals surface area contributed by atoms with Crippen molar-refractivity contribution >= 4 is 5.78 Å². The summed E-state index contributed by atoms with van der Waals surface area (Å²) in [7, 11) is 0. The SMILES string of the molecule is O=C1c2ccccc2C[C@H]1c1cc(CN2CCCCC2)oc1-c1ccncn1. The van der Waals surface area contributed by atoms with E-state index in [1.54, 1.807) is 6.20 Å². The summed E-state index contributed by atoms with van der Waals surface area (Å²) < 4.78 is 6.28. The number of aromatic nitrogens is 2. The Morgan fingerprint density at radius 2 is 1.96 bits per heavy atom. The van der Waals surface area contributed by atoms with Crippen LogP contribution in [-0.2, 0) is 13.0 Å². The average molecular weight is 373 g/mol. The molecule has 28 heavy (non-hydrogen) atoms. The molecular formula is C23H23N3O2. The van der Waals surface area contributed by atoms with Crippen LogP contribution in [0.5, 0.6) is 0 Å². The molecule has 0 radical (unpaired) electrons. The summed E-state index contributed by atoms with van der Waals surface area (Å²) >= 11 is 0. The Kier molecular flexibility index (Phi) is 4.53. The van der Waals surface area contributed by atoms with Crippen molar-refractivity contribution in [1.82, 2.24) is 14.9 Å². The zero-order chi connectivity index (χ0) is 18.9. The van der Waals surface area contributed by atoms with E-state index in [1.165, 1.54) is 25.6 Å². The number of nitrogens with zero attached hydrogens (tertiary/aromatic N) is 3. The molecule has 0 bridgehead atoms. The number of hydrogen-bond donors (Lipinski definition) is 0. The first kappa shape index (κ1) is 17.3. The molecule has 1 aliphatic heterocycles. The molecule has 1 saturated heterocycles. The van der Waals surface area contributed by atoms with Crippen LogP contribution in [-0.4, -0.2) is 33.7 Å². The normalized spacial score (nSPS) is 19.7. The molecule has 0 unspecified atom stereocenters. The second kappa shape index (κ2) is 7.32. The van der Waals surface area contributed by atoms with Gasteiger partial charge in [0.15, 0.2) is 11.5 Å². The number of ketones is 1. The van der Waals surface area contributed by atoms with Gasteiger partial charge in [-0.2, -0.15) is 0 Å². The van der Waals surface area contributed by atoms with E-state index in [1.807, 2.05) is 30.3 Å². The molecule has 0 saturated carbocycles. The maximum atomic E-state index is 13.1. The van der Waals surface area contributed by atoms with Crippen molar-refractivity contribution in [3.8, 4) is 11.5 Å². The number of benzene rings is 1. The van der Waals surface area contributed by atoms with E-state index >= 15 is 0 Å². The van der Waals surface area contributed by atoms with Crippen LogP contribution in [0.2, 0.25) is 0 Å². The van der Waals surface area contributed by atoms with E-state index in [2.05, 4.69) is 20.9 Å². The van der Waals surface area contributed by atoms with Gasteiger partial charge in [-0.05, 0) is 50.0 Å². The quantitative estimate of drug-likeness (QED) is 0.684. The Morgan fingerprint density at radius 3 is 2.75 bits per heavy atom. The first-order valence-corrected chi connectivity index (χ1v) is 10.0. The molecule has 0 spiro atoms. The highest BCUT2D eigenvalue weighted by Gasteiger charge is 2.35. The second-order valence-electron chi connectivity index (χ2n) is 7.71. The van der Waals surface area contributed by atoms with Gasteiger partial charge >= 0.3 is 0 Å². The van der Waals surface area contributed by atoms with Gasteiger partial charge in [-0.15, -0.1) is 0 Å². The fourth-order valence-corrected chi connectivity index (χ4v) is 4.45. The predicted molar refractivity (Wildman–Crippen MR) is 106 cm³/mol. The lowest BCUT2D eigenvalue weighted by molar-refractivity contribution is 0.0973. The standard InChI is InChI=1S/C23H23N3O2/c27-22-18-7-3-2-6-16(18)12-19(22)20-13-17(14-26-10-4-1-5-11-26)28-23(20)21-8-9-24-15-25-21/h2-3,6-9,13,15,19H,1,4-5,10-12,14H2/t19-/m0/s1. The maximum absolute atomic E-state index is 13.1. The van der Waals surface area contributed by atoms with Gasteiger partial charge < -0.3 is 4.42 Å². The third-order valence-electron chi connectivity index (χ3n) is 5.85. The highest BCUT2D eigenvalue weighted by atomic mass is 16.3. The molecule has 1 fully saturated rings. The zero-order valence-electron chi connectivity index (χ0n) is 15.8. The van der Waals surface area contributed by atoms with Gasteiger partial charge in [-0.1, -0.05) is 30.7 Å². The van der Waals surface area contributed by atoms with Crippen molar-refractivity contribution in [3.05, 3.63) is 71.4 Å². The smallest absolute Gasteiger partial charge is 0.171 e. The highest BCUT2D eigenvalue weighted by Crippen LogP contribution is 2.40. The van der Waals surface area contributed by atoms with Gasteiger partial charge in [0.05, 0.1) is 12.5 Å². The predicted octanol–water partition coefficient (Wildman–Crippen LogP) is 4.25. The molecule has 1 atom stereocenters. The van der Waals surface area contributed by atoms with E-state index in [9.17, 15) is 4.79 Å². The fraction of sp³-hybridized carbons (Fsp3) is 0.348. The number of likely N-dealkylation sites (tertiary alicyclic amines) is 1. The minimum Gasteiger partial charge on any atom is -0.458 e. The van der Waals surface area contributed by atoms with Crippen LogP contribution in [0.15, 0.2) is 53.3 Å². The van der Waals surface area contributed by atoms with E-state index in [4.69, 9.17) is 4.42 Å². The van der Waals surface area contributed by atoms with Crippen molar-refractivity contribution in [2.75, 3.05) is 13.1 Å². The summed E-state index contributed by atoms with van der Waals surface area (Å²) in [6.45, 7) is 2.99. The number of fused-ring (bicyclic) bond motifs is 1. The number of rotatable bonds is 4. The largest absolute Gasteiger partial charge is 0.458 e. The summed E-state index contributed by atoms with van der Waals surface area (Å²) in [6, 6.07) is 11.8. The minimum absolute atomic E-state index is 0.177. The van der Waals surface area contributed by atoms with Gasteiger partial charge in [0.2, 0.25) is 0 Å². The number of carbonyl (C=O) groups excluding carboxylic acids is 1. The van der Waals surface area contributed by atoms with Crippen LogP contribution in [0.3, 0.4) is 0 Å². The molecule has 5 nitrogen and oxygen atoms in total. The molecular weight excluding hydrogens is 350 g/mol. The molecule has 2 aromatic heterocycles. The van der Waals surface area contributed by atoms with Crippen molar-refractivity contribution in [1.29, 1.82) is 0 Å². The first-order chi connectivity index (χ1) is 13.8. The molecule has 1 aromatic carbocycles. The third kappa shape index (κ3) is 3.16. The Labute approximate surface area is 164 Å². The molecule has 1 aliphatic carbocycles. The highest BCUT2D eigenvalue weighted by molar-refractivity contribution is 6.05. The average Bonchev–Trinajstić information content (AvgIpc) is 3.31. The van der Waals surface area contributed by atoms with Crippen molar-refractivity contribution in [3.63, 3.8) is 0 Å². The Bertz CT molecular complexity index is 990. The Hall–Kier alpha value is -2.79. The Balaban J connectivity index is 1.52. The van der Waals surface area contributed by atoms with E-state index in [0.29, 0.717) is 5.76 Å². The molecule has 3 heterocycles. The van der Waals surface area contributed by atoms with Crippen molar-refractivity contribution in [2.45, 2.75) is 38.1 Å². The lowest BCUT2D eigenvalue weighted by atomic mass is 9.94. The van der Waals surface area contributed by atoms with E-state index in [0.717, 1.165) is 54.2 Å². The fourth-order valence-electron chi connectivity index (χ4n) is 4.45. The van der Waals surface area contributed by atoms with Crippen LogP contribution >= 0.6 is 0 Å². The van der Waals surface area contributed by atoms with Crippen molar-refractivity contribution < 1.29 is 9.21 Å². The molecule has 2 aliphatic rings. The molecule has 0 amide bonds. The lowest BCUT2D eigenvalue weighted by Crippen LogP contribution is -2.28. The third-order valence-corrected chi connectivity index (χ3v) is 5.85. The molecule has 5 rings (SSSR count). The van der Waals surface area contributed by atoms with Crippen LogP contribution in [0.25, 0.3) is 11.5 Å². The Morgan fingerprint density at radius 1 is 1.11 bits per heavy atom. The van der Waals surface area contributed by atoms with Gasteiger partial charge in [0.1, 0.15) is 17.8 Å². The van der Waals surface area contributed by atoms with Gasteiger partial charge in [0, 0.05) is 17.3 Å². The lowest BCUT2D eigenvalue weighted by Gasteiger charge is -2.25. The van der Waals surface area contributed by atoms with Crippen LogP contribution in [0, 0.1) is 0 Å². The topological polar surface area (TPSA) is 59.2 Å². The molecule has 142 valence electrons. The molecule has 0 N–H and O–H groups in total. The first-order valence-electron chi connectivity index (χ1n) is 10.0. The minimum atomic E-state index is -0.207. The number of piperidine rings is 1. The zero-order valence-corrected chi connectivity index (χ0v) is 15.8. The molecule has 5 heteroatoms. The van der Waals surface area contributed by atoms with Gasteiger partial charge in [-0.3, -0.25) is 9.69 Å². The monoisotopic (exact) mass is 373 g/mol. The van der Waals surface area contributed by atoms with Gasteiger partial charge in [-0.25, -0.2) is 9.97 Å². The summed E-state index contributed by atoms with van der Waals surface area (Å²) in [4.78, 5) is 23.9. The van der Waals surface area contributed by atoms with E-state index in [-0.39, 0.29) is 11.7 Å². The van der Waals surface area contributed by atoms with E-state index < -0.39 is 0 Å². The molecule has 3 aromatic rings. The van der Waals surface area contributed by atoms with Crippen LogP contribution in [0.1, 0.15) is 52.4 Å². The number of furan rings is 1. The van der Waals surface area contributed by atoms with Crippen LogP contribution in [0.4, 0.5) is 0 Å². The summed E-state index contributed by atoms with van der Waals surface area (Å²) in [6.07, 6.45) is 7.74. The summed E-state index contributed by atoms with van der Waals surface area (Å²) in [5.41, 5.74) is 3.63. The summed E-state index contributed by atoms with van der Waals surface area (Å²) in [5.74, 6) is 1.59.